The van der Waals surface area contributed by atoms with Gasteiger partial charge in [0.05, 0.1) is 13.7 Å². The number of carbonyl (C=O) groups excluding carboxylic acids is 1. The first-order valence-corrected chi connectivity index (χ1v) is 9.29. The normalized spacial score (nSPS) is 14.7. The third-order valence-corrected chi connectivity index (χ3v) is 4.71. The van der Waals surface area contributed by atoms with Crippen LogP contribution in [-0.2, 0) is 0 Å². The van der Waals surface area contributed by atoms with Crippen molar-refractivity contribution in [2.75, 3.05) is 38.3 Å². The zero-order chi connectivity index (χ0) is 19.1. The number of amides is 1. The standard InChI is InChI=1S/C20H26N4O3/c1-15-9-12-24(13-10-15)19-8-7-18(22-23-19)20(25)21-11-14-27-17-5-3-16(26-2)4-6-17/h3-8,15H,9-14H2,1-2H3,(H,21,25). The van der Waals surface area contributed by atoms with Crippen molar-refractivity contribution in [3.63, 3.8) is 0 Å². The van der Waals surface area contributed by atoms with Gasteiger partial charge in [-0.25, -0.2) is 0 Å². The van der Waals surface area contributed by atoms with Crippen molar-refractivity contribution in [3.05, 3.63) is 42.1 Å². The lowest BCUT2D eigenvalue weighted by Gasteiger charge is -2.30. The van der Waals surface area contributed by atoms with Crippen LogP contribution in [0.5, 0.6) is 11.5 Å². The topological polar surface area (TPSA) is 76.6 Å². The number of anilines is 1. The predicted octanol–water partition coefficient (Wildman–Crippen LogP) is 2.53. The molecule has 144 valence electrons. The zero-order valence-corrected chi connectivity index (χ0v) is 15.9. The highest BCUT2D eigenvalue weighted by atomic mass is 16.5. The van der Waals surface area contributed by atoms with Gasteiger partial charge in [-0.15, -0.1) is 10.2 Å². The van der Waals surface area contributed by atoms with Gasteiger partial charge in [-0.05, 0) is 55.2 Å². The van der Waals surface area contributed by atoms with Crippen molar-refractivity contribution in [1.82, 2.24) is 15.5 Å². The average Bonchev–Trinajstić information content (AvgIpc) is 2.72. The highest BCUT2D eigenvalue weighted by Gasteiger charge is 2.17. The number of nitrogens with one attached hydrogen (secondary N) is 1. The first kappa shape index (κ1) is 18.9. The molecule has 3 rings (SSSR count). The molecule has 1 aromatic heterocycles. The van der Waals surface area contributed by atoms with Crippen LogP contribution < -0.4 is 19.7 Å². The molecule has 2 heterocycles. The van der Waals surface area contributed by atoms with Crippen LogP contribution in [0.3, 0.4) is 0 Å². The van der Waals surface area contributed by atoms with Crippen LogP contribution in [0.25, 0.3) is 0 Å². The maximum atomic E-state index is 12.2. The lowest BCUT2D eigenvalue weighted by atomic mass is 9.99. The van der Waals surface area contributed by atoms with Gasteiger partial charge in [0.1, 0.15) is 18.1 Å². The minimum Gasteiger partial charge on any atom is -0.497 e. The fourth-order valence-corrected chi connectivity index (χ4v) is 2.95. The fraction of sp³-hybridized carbons (Fsp3) is 0.450. The van der Waals surface area contributed by atoms with E-state index in [0.29, 0.717) is 18.8 Å². The van der Waals surface area contributed by atoms with E-state index >= 15 is 0 Å². The van der Waals surface area contributed by atoms with Crippen molar-refractivity contribution in [1.29, 1.82) is 0 Å². The van der Waals surface area contributed by atoms with Gasteiger partial charge in [0, 0.05) is 13.1 Å². The molecular formula is C20H26N4O3. The van der Waals surface area contributed by atoms with E-state index in [2.05, 4.69) is 27.3 Å². The molecule has 0 saturated carbocycles. The van der Waals surface area contributed by atoms with Crippen molar-refractivity contribution in [2.24, 2.45) is 5.92 Å². The van der Waals surface area contributed by atoms with Gasteiger partial charge in [0.2, 0.25) is 0 Å². The molecule has 27 heavy (non-hydrogen) atoms. The molecule has 0 spiro atoms. The smallest absolute Gasteiger partial charge is 0.271 e. The second-order valence-corrected chi connectivity index (χ2v) is 6.73. The number of hydrogen-bond acceptors (Lipinski definition) is 6. The molecule has 1 aromatic carbocycles. The lowest BCUT2D eigenvalue weighted by molar-refractivity contribution is 0.0941. The maximum absolute atomic E-state index is 12.2. The molecule has 7 nitrogen and oxygen atoms in total. The zero-order valence-electron chi connectivity index (χ0n) is 15.9. The molecule has 1 amide bonds. The fourth-order valence-electron chi connectivity index (χ4n) is 2.95. The Kier molecular flexibility index (Phi) is 6.46. The maximum Gasteiger partial charge on any atom is 0.271 e. The Bertz CT molecular complexity index is 726. The minimum atomic E-state index is -0.250. The molecule has 1 aliphatic rings. The molecule has 0 atom stereocenters. The molecule has 0 radical (unpaired) electrons. The third kappa shape index (κ3) is 5.32. The first-order chi connectivity index (χ1) is 13.2. The summed E-state index contributed by atoms with van der Waals surface area (Å²) in [6, 6.07) is 10.9. The molecular weight excluding hydrogens is 344 g/mol. The quantitative estimate of drug-likeness (QED) is 0.755. The Labute approximate surface area is 159 Å². The number of benzene rings is 1. The summed E-state index contributed by atoms with van der Waals surface area (Å²) in [6.45, 7) is 5.01. The molecule has 7 heteroatoms. The number of hydrogen-bond donors (Lipinski definition) is 1. The van der Waals surface area contributed by atoms with E-state index in [1.165, 1.54) is 0 Å². The number of carbonyl (C=O) groups is 1. The van der Waals surface area contributed by atoms with E-state index in [1.54, 1.807) is 13.2 Å². The molecule has 2 aromatic rings. The number of nitrogens with zero attached hydrogens (tertiary/aromatic N) is 3. The molecule has 1 fully saturated rings. The molecule has 1 N–H and O–H groups in total. The van der Waals surface area contributed by atoms with Gasteiger partial charge < -0.3 is 19.7 Å². The van der Waals surface area contributed by atoms with E-state index in [0.717, 1.165) is 49.2 Å². The van der Waals surface area contributed by atoms with E-state index in [4.69, 9.17) is 9.47 Å². The summed E-state index contributed by atoms with van der Waals surface area (Å²) in [7, 11) is 1.62. The van der Waals surface area contributed by atoms with E-state index in [9.17, 15) is 4.79 Å². The Balaban J connectivity index is 1.42. The lowest BCUT2D eigenvalue weighted by Crippen LogP contribution is -2.34. The van der Waals surface area contributed by atoms with Gasteiger partial charge in [0.25, 0.3) is 5.91 Å². The minimum absolute atomic E-state index is 0.250. The molecule has 0 aliphatic carbocycles. The van der Waals surface area contributed by atoms with E-state index in [1.807, 2.05) is 30.3 Å². The van der Waals surface area contributed by atoms with Crippen LogP contribution in [-0.4, -0.2) is 49.5 Å². The first-order valence-electron chi connectivity index (χ1n) is 9.29. The molecule has 1 saturated heterocycles. The van der Waals surface area contributed by atoms with Crippen LogP contribution in [0.1, 0.15) is 30.3 Å². The summed E-state index contributed by atoms with van der Waals surface area (Å²) in [5, 5.41) is 11.1. The van der Waals surface area contributed by atoms with Crippen LogP contribution in [0.4, 0.5) is 5.82 Å². The van der Waals surface area contributed by atoms with Crippen molar-refractivity contribution in [2.45, 2.75) is 19.8 Å². The van der Waals surface area contributed by atoms with Crippen molar-refractivity contribution in [3.8, 4) is 11.5 Å². The van der Waals surface area contributed by atoms with Crippen LogP contribution in [0, 0.1) is 5.92 Å². The molecule has 1 aliphatic heterocycles. The van der Waals surface area contributed by atoms with Gasteiger partial charge >= 0.3 is 0 Å². The summed E-state index contributed by atoms with van der Waals surface area (Å²) < 4.78 is 10.7. The summed E-state index contributed by atoms with van der Waals surface area (Å²) in [6.07, 6.45) is 2.33. The average molecular weight is 370 g/mol. The predicted molar refractivity (Wildman–Crippen MR) is 103 cm³/mol. The Morgan fingerprint density at radius 1 is 1.11 bits per heavy atom. The Hall–Kier alpha value is -2.83. The largest absolute Gasteiger partial charge is 0.497 e. The van der Waals surface area contributed by atoms with Gasteiger partial charge in [-0.1, -0.05) is 6.92 Å². The number of rotatable bonds is 7. The monoisotopic (exact) mass is 370 g/mol. The highest BCUT2D eigenvalue weighted by Crippen LogP contribution is 2.20. The van der Waals surface area contributed by atoms with Crippen molar-refractivity contribution >= 4 is 11.7 Å². The van der Waals surface area contributed by atoms with Gasteiger partial charge in [0.15, 0.2) is 11.5 Å². The molecule has 0 bridgehead atoms. The second-order valence-electron chi connectivity index (χ2n) is 6.73. The SMILES string of the molecule is COc1ccc(OCCNC(=O)c2ccc(N3CCC(C)CC3)nn2)cc1. The van der Waals surface area contributed by atoms with Crippen molar-refractivity contribution < 1.29 is 14.3 Å². The number of ether oxygens (including phenoxy) is 2. The van der Waals surface area contributed by atoms with Crippen LogP contribution >= 0.6 is 0 Å². The highest BCUT2D eigenvalue weighted by molar-refractivity contribution is 5.92. The van der Waals surface area contributed by atoms with E-state index < -0.39 is 0 Å². The number of piperidine rings is 1. The number of aromatic nitrogens is 2. The summed E-state index contributed by atoms with van der Waals surface area (Å²) in [5.74, 6) is 2.85. The van der Waals surface area contributed by atoms with Gasteiger partial charge in [-0.3, -0.25) is 4.79 Å². The summed E-state index contributed by atoms with van der Waals surface area (Å²) in [4.78, 5) is 14.4. The summed E-state index contributed by atoms with van der Waals surface area (Å²) >= 11 is 0. The third-order valence-electron chi connectivity index (χ3n) is 4.71. The summed E-state index contributed by atoms with van der Waals surface area (Å²) in [5.41, 5.74) is 0.313. The second kappa shape index (κ2) is 9.21. The Morgan fingerprint density at radius 3 is 2.44 bits per heavy atom. The molecule has 0 unspecified atom stereocenters. The van der Waals surface area contributed by atoms with Crippen LogP contribution in [0.2, 0.25) is 0 Å². The van der Waals surface area contributed by atoms with Gasteiger partial charge in [-0.2, -0.15) is 0 Å². The van der Waals surface area contributed by atoms with E-state index in [-0.39, 0.29) is 5.91 Å². The Morgan fingerprint density at radius 2 is 1.81 bits per heavy atom. The van der Waals surface area contributed by atoms with Crippen LogP contribution in [0.15, 0.2) is 36.4 Å². The number of methoxy groups -OCH3 is 1.